The Kier molecular flexibility index (Phi) is 19.4. The average molecular weight is 699 g/mol. The molecule has 2 amide bonds. The van der Waals surface area contributed by atoms with Crippen LogP contribution in [0.1, 0.15) is 52.9 Å². The Morgan fingerprint density at radius 1 is 1.17 bits per heavy atom. The molecule has 15 nitrogen and oxygen atoms in total. The molecule has 2 fully saturated rings. The fourth-order valence-electron chi connectivity index (χ4n) is 4.86. The van der Waals surface area contributed by atoms with Crippen LogP contribution >= 0.6 is 23.5 Å². The SMILES string of the molecule is CC1(C)C[C@@H]1C(=O)N/C(=C\CCCCSC[C@H](N)C(=O)O)C(=O)O.C[C@@H](O)[C@@H]1C(=O)N2C(C(=O)O)=C(SCCN=CN)C[C@H]12.O.[Na]. The molecule has 3 aliphatic rings. The standard InChI is InChI=1S/C16H26N2O5S.C12H17N3O4S.Na.H2O/c1-16(2)8-10(16)13(19)18-12(15(22)23)6-4-3-5-7-24-9-11(17)14(20)21;1-6(16)9-7-4-8(20-3-2-14-5-13)10(12(18)19)15(7)11(9)17;;/h6,10-11H,3-5,7-9,17H2,1-2H3,(H,18,19)(H,20,21)(H,22,23);5-7,9,16H,2-4H2,1H3,(H2,13,14)(H,18,19);;1H2/b12-6-;;;/t10-,11+;6-,7-,9+;;/m11../s1. The maximum absolute atomic E-state index is 12.0. The molecule has 5 atom stereocenters. The van der Waals surface area contributed by atoms with E-state index in [1.165, 1.54) is 40.8 Å². The fraction of sp³-hybridized carbons (Fsp3) is 0.643. The molecule has 1 saturated carbocycles. The maximum Gasteiger partial charge on any atom is 0.353 e. The number of hydrogen-bond donors (Lipinski definition) is 7. The number of hydrogen-bond acceptors (Lipinski definition) is 10. The Morgan fingerprint density at radius 2 is 1.80 bits per heavy atom. The summed E-state index contributed by atoms with van der Waals surface area (Å²) in [6.07, 6.45) is 5.37. The van der Waals surface area contributed by atoms with Crippen molar-refractivity contribution in [2.75, 3.05) is 23.8 Å². The van der Waals surface area contributed by atoms with Gasteiger partial charge in [0.05, 0.1) is 30.9 Å². The molecule has 255 valence electrons. The Morgan fingerprint density at radius 3 is 2.30 bits per heavy atom. The van der Waals surface area contributed by atoms with Gasteiger partial charge in [0.1, 0.15) is 17.4 Å². The number of carboxylic acids is 3. The molecule has 1 saturated heterocycles. The second-order valence-corrected chi connectivity index (χ2v) is 13.7. The zero-order valence-corrected chi connectivity index (χ0v) is 30.2. The van der Waals surface area contributed by atoms with Crippen LogP contribution in [0.4, 0.5) is 0 Å². The van der Waals surface area contributed by atoms with Gasteiger partial charge in [-0.25, -0.2) is 9.59 Å². The van der Waals surface area contributed by atoms with Crippen LogP contribution in [0.5, 0.6) is 0 Å². The van der Waals surface area contributed by atoms with Crippen LogP contribution in [0.2, 0.25) is 0 Å². The van der Waals surface area contributed by atoms with E-state index in [2.05, 4.69) is 10.3 Å². The Hall–Kier alpha value is -2.12. The summed E-state index contributed by atoms with van der Waals surface area (Å²) >= 11 is 2.84. The van der Waals surface area contributed by atoms with Crippen LogP contribution in [-0.2, 0) is 24.0 Å². The average Bonchev–Trinajstić information content (AvgIpc) is 3.46. The molecular formula is C28H45N5NaO10S2. The van der Waals surface area contributed by atoms with Crippen LogP contribution in [-0.4, -0.2) is 138 Å². The molecule has 1 aliphatic carbocycles. The predicted octanol–water partition coefficient (Wildman–Crippen LogP) is -0.159. The summed E-state index contributed by atoms with van der Waals surface area (Å²) in [5, 5.41) is 39.2. The van der Waals surface area contributed by atoms with E-state index in [0.29, 0.717) is 35.8 Å². The summed E-state index contributed by atoms with van der Waals surface area (Å²) in [6, 6.07) is -1.08. The molecule has 2 heterocycles. The molecule has 1 radical (unpaired) electrons. The third-order valence-corrected chi connectivity index (χ3v) is 9.78. The minimum Gasteiger partial charge on any atom is -0.480 e. The first-order chi connectivity index (χ1) is 20.6. The number of nitrogens with one attached hydrogen (secondary N) is 1. The number of nitrogens with two attached hydrogens (primary N) is 2. The van der Waals surface area contributed by atoms with Crippen molar-refractivity contribution in [3.05, 3.63) is 22.4 Å². The smallest absolute Gasteiger partial charge is 0.353 e. The first kappa shape index (κ1) is 43.9. The van der Waals surface area contributed by atoms with Gasteiger partial charge in [-0.15, -0.1) is 11.8 Å². The van der Waals surface area contributed by atoms with E-state index in [1.807, 2.05) is 13.8 Å². The number of carbonyl (C=O) groups excluding carboxylic acids is 2. The number of aliphatic imine (C=N–C) groups is 1. The van der Waals surface area contributed by atoms with Gasteiger partial charge < -0.3 is 47.6 Å². The van der Waals surface area contributed by atoms with E-state index in [4.69, 9.17) is 21.7 Å². The van der Waals surface area contributed by atoms with Crippen LogP contribution < -0.4 is 16.8 Å². The molecule has 2 aliphatic heterocycles. The second kappa shape index (κ2) is 20.3. The third kappa shape index (κ3) is 12.5. The Bertz CT molecular complexity index is 1200. The van der Waals surface area contributed by atoms with Crippen molar-refractivity contribution in [3.8, 4) is 0 Å². The van der Waals surface area contributed by atoms with Crippen LogP contribution in [0.25, 0.3) is 0 Å². The van der Waals surface area contributed by atoms with Crippen molar-refractivity contribution >= 4 is 89.1 Å². The van der Waals surface area contributed by atoms with Crippen molar-refractivity contribution in [1.29, 1.82) is 0 Å². The largest absolute Gasteiger partial charge is 0.480 e. The summed E-state index contributed by atoms with van der Waals surface area (Å²) in [5.74, 6) is -2.67. The molecule has 0 bridgehead atoms. The van der Waals surface area contributed by atoms with Gasteiger partial charge in [-0.2, -0.15) is 11.8 Å². The number of β-lactam (4-membered cyclic amide) rings is 1. The van der Waals surface area contributed by atoms with Gasteiger partial charge >= 0.3 is 17.9 Å². The number of fused-ring (bicyclic) bond motifs is 1. The molecule has 46 heavy (non-hydrogen) atoms. The third-order valence-electron chi connectivity index (χ3n) is 7.52. The number of carbonyl (C=O) groups is 5. The fourth-order valence-corrected chi connectivity index (χ4v) is 6.88. The zero-order chi connectivity index (χ0) is 33.2. The summed E-state index contributed by atoms with van der Waals surface area (Å²) in [5.41, 5.74) is 10.5. The normalized spacial score (nSPS) is 22.3. The number of carboxylic acid groups (broad SMARTS) is 3. The summed E-state index contributed by atoms with van der Waals surface area (Å²) in [4.78, 5) is 62.8. The second-order valence-electron chi connectivity index (χ2n) is 11.4. The van der Waals surface area contributed by atoms with Gasteiger partial charge in [0.25, 0.3) is 0 Å². The number of allylic oxidation sites excluding steroid dienone is 1. The van der Waals surface area contributed by atoms with Crippen LogP contribution in [0, 0.1) is 17.3 Å². The zero-order valence-electron chi connectivity index (χ0n) is 26.6. The van der Waals surface area contributed by atoms with Gasteiger partial charge in [-0.3, -0.25) is 19.4 Å². The molecular weight excluding hydrogens is 653 g/mol. The maximum atomic E-state index is 12.0. The first-order valence-corrected chi connectivity index (χ1v) is 16.4. The van der Waals surface area contributed by atoms with E-state index in [9.17, 15) is 34.2 Å². The van der Waals surface area contributed by atoms with Crippen LogP contribution in [0.3, 0.4) is 0 Å². The van der Waals surface area contributed by atoms with Crippen molar-refractivity contribution in [2.24, 2.45) is 33.7 Å². The summed E-state index contributed by atoms with van der Waals surface area (Å²) < 4.78 is 0. The van der Waals surface area contributed by atoms with Crippen molar-refractivity contribution in [1.82, 2.24) is 10.2 Å². The number of aliphatic hydroxyl groups excluding tert-OH is 1. The molecule has 0 aromatic rings. The number of amides is 2. The number of rotatable bonds is 17. The van der Waals surface area contributed by atoms with Gasteiger partial charge in [-0.1, -0.05) is 19.9 Å². The Balaban J connectivity index is 0.000000854. The van der Waals surface area contributed by atoms with E-state index >= 15 is 0 Å². The van der Waals surface area contributed by atoms with Crippen molar-refractivity contribution in [2.45, 2.75) is 71.1 Å². The molecule has 0 unspecified atom stereocenters. The minimum absolute atomic E-state index is 0. The molecule has 3 rings (SSSR count). The number of thioether (sulfide) groups is 2. The molecule has 0 aromatic carbocycles. The quantitative estimate of drug-likeness (QED) is 0.0260. The monoisotopic (exact) mass is 698 g/mol. The first-order valence-electron chi connectivity index (χ1n) is 14.2. The van der Waals surface area contributed by atoms with E-state index in [0.717, 1.165) is 25.0 Å². The molecule has 18 heteroatoms. The Labute approximate surface area is 298 Å². The van der Waals surface area contributed by atoms with Gasteiger partial charge in [-0.05, 0) is 43.8 Å². The van der Waals surface area contributed by atoms with E-state index in [1.54, 1.807) is 6.92 Å². The van der Waals surface area contributed by atoms with Crippen LogP contribution in [0.15, 0.2) is 27.4 Å². The molecule has 0 spiro atoms. The van der Waals surface area contributed by atoms with Crippen molar-refractivity contribution in [3.63, 3.8) is 0 Å². The number of nitrogens with zero attached hydrogens (tertiary/aromatic N) is 2. The van der Waals surface area contributed by atoms with E-state index < -0.39 is 36.0 Å². The number of aliphatic carboxylic acids is 3. The molecule has 0 aromatic heterocycles. The van der Waals surface area contributed by atoms with Crippen molar-refractivity contribution < 1.29 is 49.9 Å². The van der Waals surface area contributed by atoms with Gasteiger partial charge in [0.15, 0.2) is 0 Å². The van der Waals surface area contributed by atoms with E-state index in [-0.39, 0.29) is 75.6 Å². The number of aliphatic hydroxyl groups is 1. The summed E-state index contributed by atoms with van der Waals surface area (Å²) in [7, 11) is 0. The molecule has 11 N–H and O–H groups in total. The summed E-state index contributed by atoms with van der Waals surface area (Å²) in [6.45, 7) is 6.02. The van der Waals surface area contributed by atoms with Gasteiger partial charge in [0, 0.05) is 58.3 Å². The predicted molar refractivity (Wildman–Crippen MR) is 177 cm³/mol. The topological polar surface area (TPSA) is 277 Å². The van der Waals surface area contributed by atoms with Gasteiger partial charge in [0.2, 0.25) is 11.8 Å². The number of unbranched alkanes of at least 4 members (excludes halogenated alkanes) is 2. The minimum atomic E-state index is -1.14.